The van der Waals surface area contributed by atoms with Crippen molar-refractivity contribution in [2.45, 2.75) is 19.3 Å². The summed E-state index contributed by atoms with van der Waals surface area (Å²) >= 11 is 0. The van der Waals surface area contributed by atoms with E-state index in [9.17, 15) is 18.0 Å². The molecule has 0 aliphatic rings. The molecule has 0 saturated heterocycles. The third-order valence-electron chi connectivity index (χ3n) is 4.50. The number of halogens is 3. The molecule has 2 aromatic carbocycles. The Kier molecular flexibility index (Phi) is 7.28. The quantitative estimate of drug-likeness (QED) is 0.465. The molecule has 0 saturated carbocycles. The normalized spacial score (nSPS) is 12.3. The van der Waals surface area contributed by atoms with Crippen LogP contribution in [0.5, 0.6) is 5.75 Å². The van der Waals surface area contributed by atoms with Crippen LogP contribution in [0.2, 0.25) is 0 Å². The maximum atomic E-state index is 12.4. The van der Waals surface area contributed by atoms with Gasteiger partial charge in [0.1, 0.15) is 5.75 Å². The molecule has 3 aromatic rings. The van der Waals surface area contributed by atoms with Gasteiger partial charge >= 0.3 is 6.36 Å². The van der Waals surface area contributed by atoms with Gasteiger partial charge in [0.2, 0.25) is 17.8 Å². The molecule has 4 N–H and O–H groups in total. The van der Waals surface area contributed by atoms with E-state index in [0.29, 0.717) is 11.5 Å². The van der Waals surface area contributed by atoms with Crippen LogP contribution in [0.3, 0.4) is 0 Å². The van der Waals surface area contributed by atoms with E-state index in [1.807, 2.05) is 30.3 Å². The van der Waals surface area contributed by atoms with Crippen molar-refractivity contribution >= 4 is 29.2 Å². The molecule has 0 fully saturated rings. The van der Waals surface area contributed by atoms with Crippen LogP contribution < -0.4 is 21.1 Å². The maximum absolute atomic E-state index is 12.4. The molecule has 1 amide bonds. The lowest BCUT2D eigenvalue weighted by Gasteiger charge is -2.23. The fourth-order valence-electron chi connectivity index (χ4n) is 2.80. The number of nitrogen functional groups attached to an aromatic ring is 1. The molecule has 0 radical (unpaired) electrons. The van der Waals surface area contributed by atoms with E-state index in [0.717, 1.165) is 17.8 Å². The number of nitrogens with zero attached hydrogens (tertiary/aromatic N) is 4. The molecule has 1 aromatic heterocycles. The van der Waals surface area contributed by atoms with Gasteiger partial charge in [-0.15, -0.1) is 13.2 Å². The number of benzene rings is 2. The molecule has 0 bridgehead atoms. The highest BCUT2D eigenvalue weighted by Crippen LogP contribution is 2.24. The van der Waals surface area contributed by atoms with Gasteiger partial charge in [0.05, 0.1) is 12.6 Å². The van der Waals surface area contributed by atoms with Crippen LogP contribution in [-0.4, -0.2) is 45.7 Å². The van der Waals surface area contributed by atoms with E-state index in [-0.39, 0.29) is 36.1 Å². The van der Waals surface area contributed by atoms with Gasteiger partial charge < -0.3 is 21.1 Å². The van der Waals surface area contributed by atoms with Gasteiger partial charge in [0, 0.05) is 11.4 Å². The number of hydrogen-bond acceptors (Lipinski definition) is 8. The fourth-order valence-corrected chi connectivity index (χ4v) is 2.80. The first-order valence-electron chi connectivity index (χ1n) is 9.78. The molecule has 12 heteroatoms. The molecule has 9 nitrogen and oxygen atoms in total. The van der Waals surface area contributed by atoms with Crippen LogP contribution in [0.25, 0.3) is 0 Å². The standard InChI is InChI=1S/C21H22F3N7O2/c1-13(18-28-19(25)30-20(29-18)27-14-6-4-3-5-7-14)31(2)12-17(32)26-15-8-10-16(11-9-15)33-21(22,23)24/h3-11,13H,12H2,1-2H3,(H,26,32)(H3,25,27,28,29,30)/t13-/m0/s1. The Morgan fingerprint density at radius 1 is 1.06 bits per heavy atom. The van der Waals surface area contributed by atoms with Crippen molar-refractivity contribution in [3.05, 3.63) is 60.4 Å². The Hall–Kier alpha value is -3.93. The predicted molar refractivity (Wildman–Crippen MR) is 117 cm³/mol. The molecule has 1 heterocycles. The molecule has 0 unspecified atom stereocenters. The largest absolute Gasteiger partial charge is 0.573 e. The Balaban J connectivity index is 1.60. The summed E-state index contributed by atoms with van der Waals surface area (Å²) in [5.41, 5.74) is 6.93. The highest BCUT2D eigenvalue weighted by atomic mass is 19.4. The SMILES string of the molecule is C[C@@H](c1nc(N)nc(Nc2ccccc2)n1)N(C)CC(=O)Nc1ccc(OC(F)(F)F)cc1. The summed E-state index contributed by atoms with van der Waals surface area (Å²) in [6, 6.07) is 13.8. The van der Waals surface area contributed by atoms with Crippen LogP contribution in [0.15, 0.2) is 54.6 Å². The van der Waals surface area contributed by atoms with E-state index in [1.54, 1.807) is 18.9 Å². The number of ether oxygens (including phenoxy) is 1. The van der Waals surface area contributed by atoms with Gasteiger partial charge in [-0.1, -0.05) is 18.2 Å². The summed E-state index contributed by atoms with van der Waals surface area (Å²) in [6.45, 7) is 1.77. The van der Waals surface area contributed by atoms with Crippen molar-refractivity contribution < 1.29 is 22.7 Å². The van der Waals surface area contributed by atoms with Crippen LogP contribution in [-0.2, 0) is 4.79 Å². The number of carbonyl (C=O) groups is 1. The molecule has 0 spiro atoms. The monoisotopic (exact) mass is 461 g/mol. The third-order valence-corrected chi connectivity index (χ3v) is 4.50. The van der Waals surface area contributed by atoms with E-state index in [1.165, 1.54) is 12.1 Å². The predicted octanol–water partition coefficient (Wildman–Crippen LogP) is 3.73. The lowest BCUT2D eigenvalue weighted by atomic mass is 10.2. The maximum Gasteiger partial charge on any atom is 0.573 e. The Bertz CT molecular complexity index is 1080. The number of para-hydroxylation sites is 1. The summed E-state index contributed by atoms with van der Waals surface area (Å²) in [6.07, 6.45) is -4.78. The number of likely N-dealkylation sites (N-methyl/N-ethyl adjacent to an activating group) is 1. The topological polar surface area (TPSA) is 118 Å². The molecule has 3 rings (SSSR count). The number of hydrogen-bond donors (Lipinski definition) is 3. The van der Waals surface area contributed by atoms with Crippen molar-refractivity contribution in [3.63, 3.8) is 0 Å². The zero-order chi connectivity index (χ0) is 24.0. The van der Waals surface area contributed by atoms with Crippen molar-refractivity contribution in [1.82, 2.24) is 19.9 Å². The average Bonchev–Trinajstić information content (AvgIpc) is 2.74. The van der Waals surface area contributed by atoms with Crippen LogP contribution in [0.4, 0.5) is 36.4 Å². The summed E-state index contributed by atoms with van der Waals surface area (Å²) in [5, 5.41) is 5.67. The summed E-state index contributed by atoms with van der Waals surface area (Å²) in [5.74, 6) is -0.0826. The highest BCUT2D eigenvalue weighted by Gasteiger charge is 2.31. The zero-order valence-electron chi connectivity index (χ0n) is 17.8. The third kappa shape index (κ3) is 7.31. The van der Waals surface area contributed by atoms with E-state index < -0.39 is 6.36 Å². The van der Waals surface area contributed by atoms with Crippen molar-refractivity contribution in [1.29, 1.82) is 0 Å². The number of amides is 1. The lowest BCUT2D eigenvalue weighted by molar-refractivity contribution is -0.274. The van der Waals surface area contributed by atoms with E-state index in [4.69, 9.17) is 5.73 Å². The molecule has 33 heavy (non-hydrogen) atoms. The number of carbonyl (C=O) groups excluding carboxylic acids is 1. The van der Waals surface area contributed by atoms with Crippen LogP contribution >= 0.6 is 0 Å². The number of nitrogens with one attached hydrogen (secondary N) is 2. The van der Waals surface area contributed by atoms with Crippen LogP contribution in [0.1, 0.15) is 18.8 Å². The Morgan fingerprint density at radius 2 is 1.73 bits per heavy atom. The minimum Gasteiger partial charge on any atom is -0.406 e. The first-order chi connectivity index (χ1) is 15.6. The minimum absolute atomic E-state index is 0.0318. The van der Waals surface area contributed by atoms with Crippen molar-refractivity contribution in [2.24, 2.45) is 0 Å². The molecule has 0 aliphatic heterocycles. The van der Waals surface area contributed by atoms with Gasteiger partial charge in [0.15, 0.2) is 5.82 Å². The van der Waals surface area contributed by atoms with E-state index in [2.05, 4.69) is 30.3 Å². The Morgan fingerprint density at radius 3 is 2.36 bits per heavy atom. The Labute approximate surface area is 187 Å². The lowest BCUT2D eigenvalue weighted by Crippen LogP contribution is -2.33. The second-order valence-corrected chi connectivity index (χ2v) is 7.08. The molecular formula is C21H22F3N7O2. The smallest absolute Gasteiger partial charge is 0.406 e. The number of nitrogens with two attached hydrogens (primary N) is 1. The number of aromatic nitrogens is 3. The molecule has 0 aliphatic carbocycles. The fraction of sp³-hybridized carbons (Fsp3) is 0.238. The van der Waals surface area contributed by atoms with Crippen molar-refractivity contribution in [2.75, 3.05) is 30.0 Å². The zero-order valence-corrected chi connectivity index (χ0v) is 17.8. The van der Waals surface area contributed by atoms with Gasteiger partial charge in [-0.2, -0.15) is 15.0 Å². The molecule has 1 atom stereocenters. The summed E-state index contributed by atoms with van der Waals surface area (Å²) in [4.78, 5) is 26.7. The first kappa shape index (κ1) is 23.7. The first-order valence-corrected chi connectivity index (χ1v) is 9.78. The minimum atomic E-state index is -4.78. The molecule has 174 valence electrons. The number of alkyl halides is 3. The molecular weight excluding hydrogens is 439 g/mol. The summed E-state index contributed by atoms with van der Waals surface area (Å²) < 4.78 is 40.5. The van der Waals surface area contributed by atoms with Gasteiger partial charge in [-0.3, -0.25) is 9.69 Å². The van der Waals surface area contributed by atoms with Gasteiger partial charge in [0.25, 0.3) is 0 Å². The number of rotatable bonds is 8. The van der Waals surface area contributed by atoms with Gasteiger partial charge in [-0.05, 0) is 50.4 Å². The second kappa shape index (κ2) is 10.1. The van der Waals surface area contributed by atoms with Gasteiger partial charge in [-0.25, -0.2) is 0 Å². The summed E-state index contributed by atoms with van der Waals surface area (Å²) in [7, 11) is 1.70. The van der Waals surface area contributed by atoms with E-state index >= 15 is 0 Å². The van der Waals surface area contributed by atoms with Crippen molar-refractivity contribution in [3.8, 4) is 5.75 Å². The van der Waals surface area contributed by atoms with Crippen LogP contribution in [0, 0.1) is 0 Å². The highest BCUT2D eigenvalue weighted by molar-refractivity contribution is 5.92. The second-order valence-electron chi connectivity index (χ2n) is 7.08. The average molecular weight is 461 g/mol. The number of anilines is 4.